The number of ether oxygens (including phenoxy) is 2. The first kappa shape index (κ1) is 13.0. The summed E-state index contributed by atoms with van der Waals surface area (Å²) in [5.74, 6) is 3.91. The first-order valence-corrected chi connectivity index (χ1v) is 7.12. The molecule has 0 unspecified atom stereocenters. The molecule has 0 radical (unpaired) electrons. The molecule has 0 spiro atoms. The molecule has 1 aliphatic rings. The molecule has 1 aliphatic carbocycles. The van der Waals surface area contributed by atoms with Gasteiger partial charge in [0.25, 0.3) is 0 Å². The number of hydrogen-bond donors (Lipinski definition) is 1. The van der Waals surface area contributed by atoms with Crippen molar-refractivity contribution >= 4 is 0 Å². The molecule has 106 valence electrons. The van der Waals surface area contributed by atoms with Crippen molar-refractivity contribution in [2.24, 2.45) is 0 Å². The maximum absolute atomic E-state index is 5.68. The molecule has 5 heteroatoms. The van der Waals surface area contributed by atoms with Crippen molar-refractivity contribution in [3.8, 4) is 11.5 Å². The van der Waals surface area contributed by atoms with Gasteiger partial charge < -0.3 is 9.47 Å². The molecule has 1 N–H and O–H groups in total. The third kappa shape index (κ3) is 2.92. The number of rotatable bonds is 6. The van der Waals surface area contributed by atoms with Crippen molar-refractivity contribution in [1.82, 2.24) is 15.2 Å². The number of hydrogen-bond acceptors (Lipinski definition) is 4. The Labute approximate surface area is 118 Å². The minimum Gasteiger partial charge on any atom is -0.494 e. The Kier molecular flexibility index (Phi) is 3.85. The molecule has 1 aromatic carbocycles. The smallest absolute Gasteiger partial charge is 0.162 e. The molecular weight excluding hydrogens is 254 g/mol. The van der Waals surface area contributed by atoms with Gasteiger partial charge in [0.15, 0.2) is 11.6 Å². The monoisotopic (exact) mass is 273 g/mol. The van der Waals surface area contributed by atoms with E-state index in [1.54, 1.807) is 0 Å². The van der Waals surface area contributed by atoms with E-state index < -0.39 is 0 Å². The summed E-state index contributed by atoms with van der Waals surface area (Å²) in [5.41, 5.74) is 0. The lowest BCUT2D eigenvalue weighted by Crippen LogP contribution is -2.10. The lowest BCUT2D eigenvalue weighted by molar-refractivity contribution is 0.294. The second-order valence-electron chi connectivity index (χ2n) is 4.96. The molecule has 0 amide bonds. The number of benzene rings is 1. The fraction of sp³-hybridized carbons (Fsp3) is 0.467. The van der Waals surface area contributed by atoms with Gasteiger partial charge >= 0.3 is 0 Å². The van der Waals surface area contributed by atoms with E-state index in [9.17, 15) is 0 Å². The molecule has 0 aliphatic heterocycles. The average Bonchev–Trinajstić information content (AvgIpc) is 2.85. The van der Waals surface area contributed by atoms with E-state index in [2.05, 4.69) is 15.2 Å². The summed E-state index contributed by atoms with van der Waals surface area (Å²) >= 11 is 0. The molecule has 1 aromatic heterocycles. The summed E-state index contributed by atoms with van der Waals surface area (Å²) < 4.78 is 11.1. The Morgan fingerprint density at radius 2 is 1.85 bits per heavy atom. The van der Waals surface area contributed by atoms with Crippen molar-refractivity contribution in [3.63, 3.8) is 0 Å². The van der Waals surface area contributed by atoms with Crippen LogP contribution in [0.25, 0.3) is 0 Å². The Bertz CT molecular complexity index is 547. The quantitative estimate of drug-likeness (QED) is 0.878. The third-order valence-electron chi connectivity index (χ3n) is 3.53. The van der Waals surface area contributed by atoms with E-state index in [0.717, 1.165) is 23.1 Å². The normalized spacial score (nSPS) is 14.8. The Morgan fingerprint density at radius 1 is 1.15 bits per heavy atom. The maximum atomic E-state index is 5.68. The van der Waals surface area contributed by atoms with Crippen molar-refractivity contribution in [2.45, 2.75) is 38.7 Å². The van der Waals surface area contributed by atoms with Crippen LogP contribution in [-0.2, 0) is 6.61 Å². The summed E-state index contributed by atoms with van der Waals surface area (Å²) in [5, 5.41) is 7.20. The van der Waals surface area contributed by atoms with Crippen molar-refractivity contribution in [1.29, 1.82) is 0 Å². The predicted octanol–water partition coefficient (Wildman–Crippen LogP) is 3.05. The van der Waals surface area contributed by atoms with Gasteiger partial charge in [0.2, 0.25) is 0 Å². The number of aromatic amines is 1. The zero-order valence-electron chi connectivity index (χ0n) is 11.6. The van der Waals surface area contributed by atoms with Crippen LogP contribution in [-0.4, -0.2) is 21.8 Å². The van der Waals surface area contributed by atoms with Crippen LogP contribution in [0.4, 0.5) is 0 Å². The van der Waals surface area contributed by atoms with E-state index in [1.807, 2.05) is 31.2 Å². The largest absolute Gasteiger partial charge is 0.494 e. The fourth-order valence-electron chi connectivity index (χ4n) is 2.17. The summed E-state index contributed by atoms with van der Waals surface area (Å²) in [6, 6.07) is 7.60. The van der Waals surface area contributed by atoms with Crippen LogP contribution < -0.4 is 9.47 Å². The van der Waals surface area contributed by atoms with Gasteiger partial charge in [0.05, 0.1) is 6.61 Å². The van der Waals surface area contributed by atoms with E-state index in [1.165, 1.54) is 19.3 Å². The highest BCUT2D eigenvalue weighted by atomic mass is 16.5. The lowest BCUT2D eigenvalue weighted by Gasteiger charge is -2.21. The van der Waals surface area contributed by atoms with Crippen LogP contribution in [0, 0.1) is 0 Å². The van der Waals surface area contributed by atoms with Gasteiger partial charge in [-0.05, 0) is 44.0 Å². The summed E-state index contributed by atoms with van der Waals surface area (Å²) in [6.45, 7) is 3.05. The molecule has 2 aromatic rings. The van der Waals surface area contributed by atoms with Gasteiger partial charge in [-0.1, -0.05) is 6.42 Å². The molecule has 3 rings (SSSR count). The fourth-order valence-corrected chi connectivity index (χ4v) is 2.17. The lowest BCUT2D eigenvalue weighted by atomic mass is 9.85. The number of nitrogens with one attached hydrogen (secondary N) is 1. The standard InChI is InChI=1S/C15H19N3O2/c1-2-19-12-6-8-13(9-7-12)20-10-14-16-15(18-17-14)11-4-3-5-11/h6-9,11H,2-5,10H2,1H3,(H,16,17,18). The second kappa shape index (κ2) is 5.94. The summed E-state index contributed by atoms with van der Waals surface area (Å²) in [6.07, 6.45) is 3.70. The highest BCUT2D eigenvalue weighted by Crippen LogP contribution is 2.34. The SMILES string of the molecule is CCOc1ccc(OCc2nc(C3CCC3)n[nH]2)cc1. The minimum absolute atomic E-state index is 0.410. The Hall–Kier alpha value is -2.04. The van der Waals surface area contributed by atoms with Crippen LogP contribution >= 0.6 is 0 Å². The third-order valence-corrected chi connectivity index (χ3v) is 3.53. The van der Waals surface area contributed by atoms with Gasteiger partial charge in [-0.15, -0.1) is 0 Å². The first-order chi connectivity index (χ1) is 9.85. The van der Waals surface area contributed by atoms with Gasteiger partial charge in [-0.2, -0.15) is 5.10 Å². The molecule has 0 atom stereocenters. The summed E-state index contributed by atoms with van der Waals surface area (Å²) in [7, 11) is 0. The van der Waals surface area contributed by atoms with Crippen molar-refractivity contribution in [3.05, 3.63) is 35.9 Å². The van der Waals surface area contributed by atoms with Crippen LogP contribution in [0.15, 0.2) is 24.3 Å². The molecular formula is C15H19N3O2. The average molecular weight is 273 g/mol. The second-order valence-corrected chi connectivity index (χ2v) is 4.96. The first-order valence-electron chi connectivity index (χ1n) is 7.12. The van der Waals surface area contributed by atoms with E-state index in [-0.39, 0.29) is 0 Å². The van der Waals surface area contributed by atoms with Crippen LogP contribution in [0.3, 0.4) is 0 Å². The zero-order valence-corrected chi connectivity index (χ0v) is 11.6. The summed E-state index contributed by atoms with van der Waals surface area (Å²) in [4.78, 5) is 4.48. The molecule has 1 heterocycles. The van der Waals surface area contributed by atoms with Crippen LogP contribution in [0.5, 0.6) is 11.5 Å². The maximum Gasteiger partial charge on any atom is 0.162 e. The van der Waals surface area contributed by atoms with Crippen LogP contribution in [0.1, 0.15) is 43.8 Å². The van der Waals surface area contributed by atoms with Gasteiger partial charge in [-0.25, -0.2) is 4.98 Å². The van der Waals surface area contributed by atoms with E-state index in [0.29, 0.717) is 19.1 Å². The number of nitrogens with zero attached hydrogens (tertiary/aromatic N) is 2. The topological polar surface area (TPSA) is 60.0 Å². The number of H-pyrrole nitrogens is 1. The van der Waals surface area contributed by atoms with Crippen LogP contribution in [0.2, 0.25) is 0 Å². The van der Waals surface area contributed by atoms with Gasteiger partial charge in [-0.3, -0.25) is 5.10 Å². The highest BCUT2D eigenvalue weighted by Gasteiger charge is 2.23. The molecule has 0 bridgehead atoms. The molecule has 20 heavy (non-hydrogen) atoms. The Balaban J connectivity index is 1.54. The van der Waals surface area contributed by atoms with Crippen molar-refractivity contribution in [2.75, 3.05) is 6.61 Å². The predicted molar refractivity (Wildman–Crippen MR) is 74.9 cm³/mol. The van der Waals surface area contributed by atoms with E-state index in [4.69, 9.17) is 9.47 Å². The van der Waals surface area contributed by atoms with Gasteiger partial charge in [0, 0.05) is 5.92 Å². The molecule has 1 fully saturated rings. The van der Waals surface area contributed by atoms with Gasteiger partial charge in [0.1, 0.15) is 18.1 Å². The molecule has 0 saturated heterocycles. The molecule has 1 saturated carbocycles. The highest BCUT2D eigenvalue weighted by molar-refractivity contribution is 5.31. The van der Waals surface area contributed by atoms with E-state index >= 15 is 0 Å². The zero-order chi connectivity index (χ0) is 13.8. The number of aromatic nitrogens is 3. The minimum atomic E-state index is 0.410. The van der Waals surface area contributed by atoms with Crippen molar-refractivity contribution < 1.29 is 9.47 Å². The Morgan fingerprint density at radius 3 is 2.45 bits per heavy atom. The molecule has 5 nitrogen and oxygen atoms in total.